The number of hydrogen-bond acceptors (Lipinski definition) is 1. The summed E-state index contributed by atoms with van der Waals surface area (Å²) in [5, 5.41) is 10.3. The van der Waals surface area contributed by atoms with Gasteiger partial charge in [0.2, 0.25) is 0 Å². The van der Waals surface area contributed by atoms with Crippen LogP contribution >= 0.6 is 27.5 Å². The standard InChI is InChI=1S/C15H13BrClFO/c1-8-5-9(2)7-10(6-8)15(19)11-3-4-12(16)13(17)14(11)18/h3-7,15,19H,1-2H3. The number of aliphatic hydroxyl groups excluding tert-OH is 1. The van der Waals surface area contributed by atoms with Crippen molar-refractivity contribution in [1.29, 1.82) is 0 Å². The van der Waals surface area contributed by atoms with E-state index in [9.17, 15) is 9.50 Å². The molecule has 0 aliphatic rings. The maximum absolute atomic E-state index is 14.1. The van der Waals surface area contributed by atoms with Crippen molar-refractivity contribution in [3.05, 3.63) is 67.9 Å². The van der Waals surface area contributed by atoms with Gasteiger partial charge in [-0.3, -0.25) is 0 Å². The number of hydrogen-bond donors (Lipinski definition) is 1. The summed E-state index contributed by atoms with van der Waals surface area (Å²) in [5.41, 5.74) is 2.89. The molecule has 0 saturated carbocycles. The van der Waals surface area contributed by atoms with Crippen molar-refractivity contribution < 1.29 is 9.50 Å². The first-order chi connectivity index (χ1) is 8.90. The second-order valence-electron chi connectivity index (χ2n) is 4.59. The largest absolute Gasteiger partial charge is 0.384 e. The highest BCUT2D eigenvalue weighted by Crippen LogP contribution is 2.33. The molecule has 0 bridgehead atoms. The third-order valence-corrected chi connectivity index (χ3v) is 4.18. The zero-order chi connectivity index (χ0) is 14.2. The second-order valence-corrected chi connectivity index (χ2v) is 5.82. The van der Waals surface area contributed by atoms with E-state index in [1.807, 2.05) is 32.0 Å². The molecule has 0 aliphatic heterocycles. The number of aliphatic hydroxyl groups is 1. The first kappa shape index (κ1) is 14.5. The molecule has 0 radical (unpaired) electrons. The number of aryl methyl sites for hydroxylation is 2. The third kappa shape index (κ3) is 2.99. The Morgan fingerprint density at radius 2 is 1.74 bits per heavy atom. The van der Waals surface area contributed by atoms with E-state index in [1.54, 1.807) is 6.07 Å². The predicted octanol–water partition coefficient (Wildman–Crippen LogP) is 4.94. The first-order valence-electron chi connectivity index (χ1n) is 5.80. The van der Waals surface area contributed by atoms with Gasteiger partial charge in [-0.2, -0.15) is 0 Å². The maximum Gasteiger partial charge on any atom is 0.149 e. The minimum absolute atomic E-state index is 0.0130. The highest BCUT2D eigenvalue weighted by Gasteiger charge is 2.19. The Hall–Kier alpha value is -0.900. The Bertz CT molecular complexity index is 608. The van der Waals surface area contributed by atoms with E-state index >= 15 is 0 Å². The molecule has 1 nitrogen and oxygen atoms in total. The lowest BCUT2D eigenvalue weighted by atomic mass is 9.97. The van der Waals surface area contributed by atoms with E-state index in [4.69, 9.17) is 11.6 Å². The Kier molecular flexibility index (Phi) is 4.29. The van der Waals surface area contributed by atoms with E-state index in [1.165, 1.54) is 6.07 Å². The van der Waals surface area contributed by atoms with Gasteiger partial charge in [-0.25, -0.2) is 4.39 Å². The highest BCUT2D eigenvalue weighted by atomic mass is 79.9. The molecule has 2 rings (SSSR count). The van der Waals surface area contributed by atoms with Gasteiger partial charge in [0.05, 0.1) is 5.02 Å². The summed E-state index contributed by atoms with van der Waals surface area (Å²) in [6.07, 6.45) is -1.02. The predicted molar refractivity (Wildman–Crippen MR) is 79.1 cm³/mol. The molecular weight excluding hydrogens is 331 g/mol. The zero-order valence-corrected chi connectivity index (χ0v) is 12.9. The molecule has 19 heavy (non-hydrogen) atoms. The maximum atomic E-state index is 14.1. The Morgan fingerprint density at radius 1 is 1.16 bits per heavy atom. The summed E-state index contributed by atoms with van der Waals surface area (Å²) in [6.45, 7) is 3.88. The van der Waals surface area contributed by atoms with Crippen molar-refractivity contribution in [2.24, 2.45) is 0 Å². The topological polar surface area (TPSA) is 20.2 Å². The molecule has 2 aromatic rings. The molecule has 0 spiro atoms. The fraction of sp³-hybridized carbons (Fsp3) is 0.200. The second kappa shape index (κ2) is 5.61. The summed E-state index contributed by atoms with van der Waals surface area (Å²) < 4.78 is 14.6. The molecule has 1 atom stereocenters. The van der Waals surface area contributed by atoms with Crippen LogP contribution in [0.2, 0.25) is 5.02 Å². The van der Waals surface area contributed by atoms with Crippen molar-refractivity contribution in [2.45, 2.75) is 20.0 Å². The van der Waals surface area contributed by atoms with Gasteiger partial charge in [0, 0.05) is 10.0 Å². The summed E-state index contributed by atoms with van der Waals surface area (Å²) in [7, 11) is 0. The minimum atomic E-state index is -1.02. The summed E-state index contributed by atoms with van der Waals surface area (Å²) in [5.74, 6) is -0.595. The van der Waals surface area contributed by atoms with Gasteiger partial charge < -0.3 is 5.11 Å². The van der Waals surface area contributed by atoms with Gasteiger partial charge in [0.15, 0.2) is 0 Å². The van der Waals surface area contributed by atoms with Crippen LogP contribution in [0.4, 0.5) is 4.39 Å². The van der Waals surface area contributed by atoms with Crippen LogP contribution < -0.4 is 0 Å². The van der Waals surface area contributed by atoms with Crippen LogP contribution in [-0.2, 0) is 0 Å². The number of benzene rings is 2. The van der Waals surface area contributed by atoms with Crippen LogP contribution in [0.5, 0.6) is 0 Å². The van der Waals surface area contributed by atoms with E-state index < -0.39 is 11.9 Å². The van der Waals surface area contributed by atoms with E-state index in [0.717, 1.165) is 11.1 Å². The van der Waals surface area contributed by atoms with Crippen LogP contribution in [0.1, 0.15) is 28.4 Å². The van der Waals surface area contributed by atoms with Gasteiger partial charge in [-0.05, 0) is 41.4 Å². The van der Waals surface area contributed by atoms with Crippen molar-refractivity contribution >= 4 is 27.5 Å². The molecule has 1 unspecified atom stereocenters. The SMILES string of the molecule is Cc1cc(C)cc(C(O)c2ccc(Br)c(Cl)c2F)c1. The van der Waals surface area contributed by atoms with Gasteiger partial charge in [0.25, 0.3) is 0 Å². The zero-order valence-electron chi connectivity index (χ0n) is 10.5. The van der Waals surface area contributed by atoms with Crippen LogP contribution in [0.3, 0.4) is 0 Å². The van der Waals surface area contributed by atoms with Crippen LogP contribution in [0, 0.1) is 19.7 Å². The van der Waals surface area contributed by atoms with Crippen molar-refractivity contribution in [2.75, 3.05) is 0 Å². The number of rotatable bonds is 2. The summed E-state index contributed by atoms with van der Waals surface area (Å²) >= 11 is 9.00. The fourth-order valence-corrected chi connectivity index (χ4v) is 2.58. The average molecular weight is 344 g/mol. The Morgan fingerprint density at radius 3 is 2.32 bits per heavy atom. The normalized spacial score (nSPS) is 12.5. The molecule has 0 amide bonds. The summed E-state index contributed by atoms with van der Waals surface area (Å²) in [6, 6.07) is 8.85. The van der Waals surface area contributed by atoms with Crippen molar-refractivity contribution in [1.82, 2.24) is 0 Å². The molecule has 0 aromatic heterocycles. The number of halogens is 3. The molecule has 100 valence electrons. The quantitative estimate of drug-likeness (QED) is 0.766. The van der Waals surface area contributed by atoms with Gasteiger partial charge in [0.1, 0.15) is 11.9 Å². The fourth-order valence-electron chi connectivity index (χ4n) is 2.10. The minimum Gasteiger partial charge on any atom is -0.384 e. The highest BCUT2D eigenvalue weighted by molar-refractivity contribution is 9.10. The third-order valence-electron chi connectivity index (χ3n) is 2.92. The van der Waals surface area contributed by atoms with Crippen LogP contribution in [0.15, 0.2) is 34.8 Å². The molecule has 0 aliphatic carbocycles. The van der Waals surface area contributed by atoms with E-state index in [0.29, 0.717) is 10.0 Å². The van der Waals surface area contributed by atoms with E-state index in [-0.39, 0.29) is 10.6 Å². The first-order valence-corrected chi connectivity index (χ1v) is 6.97. The van der Waals surface area contributed by atoms with Crippen molar-refractivity contribution in [3.8, 4) is 0 Å². The lowest BCUT2D eigenvalue weighted by Crippen LogP contribution is -2.04. The molecule has 4 heteroatoms. The smallest absolute Gasteiger partial charge is 0.149 e. The Balaban J connectivity index is 2.50. The molecule has 0 heterocycles. The van der Waals surface area contributed by atoms with Gasteiger partial charge in [-0.1, -0.05) is 47.0 Å². The van der Waals surface area contributed by atoms with E-state index in [2.05, 4.69) is 15.9 Å². The van der Waals surface area contributed by atoms with Gasteiger partial charge >= 0.3 is 0 Å². The molecule has 2 aromatic carbocycles. The lowest BCUT2D eigenvalue weighted by molar-refractivity contribution is 0.215. The molecule has 0 saturated heterocycles. The molecule has 0 fully saturated rings. The lowest BCUT2D eigenvalue weighted by Gasteiger charge is -2.15. The Labute approximate surface area is 125 Å². The van der Waals surface area contributed by atoms with Gasteiger partial charge in [-0.15, -0.1) is 0 Å². The summed E-state index contributed by atoms with van der Waals surface area (Å²) in [4.78, 5) is 0. The monoisotopic (exact) mass is 342 g/mol. The van der Waals surface area contributed by atoms with Crippen LogP contribution in [0.25, 0.3) is 0 Å². The molecular formula is C15H13BrClFO. The molecule has 1 N–H and O–H groups in total. The van der Waals surface area contributed by atoms with Crippen LogP contribution in [-0.4, -0.2) is 5.11 Å². The average Bonchev–Trinajstić information content (AvgIpc) is 2.34. The van der Waals surface area contributed by atoms with Crippen molar-refractivity contribution in [3.63, 3.8) is 0 Å².